The Morgan fingerprint density at radius 3 is 2.50 bits per heavy atom. The Hall–Kier alpha value is -0.280. The van der Waals surface area contributed by atoms with E-state index in [-0.39, 0.29) is 12.7 Å². The van der Waals surface area contributed by atoms with E-state index in [2.05, 4.69) is 0 Å². The average molecular weight is 166 g/mol. The van der Waals surface area contributed by atoms with Crippen LogP contribution >= 0.6 is 11.6 Å². The first-order valence-electron chi connectivity index (χ1n) is 3.09. The minimum Gasteiger partial charge on any atom is -0.377 e. The first-order valence-corrected chi connectivity index (χ1v) is 3.52. The van der Waals surface area contributed by atoms with E-state index in [1.807, 2.05) is 13.8 Å². The summed E-state index contributed by atoms with van der Waals surface area (Å²) in [4.78, 5) is 10.3. The van der Waals surface area contributed by atoms with Crippen molar-refractivity contribution in [3.05, 3.63) is 0 Å². The number of amides is 1. The van der Waals surface area contributed by atoms with Crippen LogP contribution in [-0.4, -0.2) is 24.0 Å². The van der Waals surface area contributed by atoms with Gasteiger partial charge < -0.3 is 10.5 Å². The average Bonchev–Trinajstić information content (AvgIpc) is 1.82. The van der Waals surface area contributed by atoms with Crippen LogP contribution in [0.3, 0.4) is 0 Å². The Balaban J connectivity index is 3.40. The molecule has 3 nitrogen and oxygen atoms in total. The number of rotatable bonds is 4. The van der Waals surface area contributed by atoms with Crippen LogP contribution in [0.5, 0.6) is 0 Å². The highest BCUT2D eigenvalue weighted by atomic mass is 35.5. The van der Waals surface area contributed by atoms with Gasteiger partial charge in [0.25, 0.3) is 0 Å². The van der Waals surface area contributed by atoms with Crippen molar-refractivity contribution in [2.45, 2.75) is 25.3 Å². The van der Waals surface area contributed by atoms with Crippen molar-refractivity contribution in [2.75, 3.05) is 6.61 Å². The van der Waals surface area contributed by atoms with Gasteiger partial charge in [-0.25, -0.2) is 0 Å². The fraction of sp³-hybridized carbons (Fsp3) is 0.833. The summed E-state index contributed by atoms with van der Waals surface area (Å²) in [5, 5.41) is -0.706. The summed E-state index contributed by atoms with van der Waals surface area (Å²) in [6, 6.07) is 0. The summed E-state index contributed by atoms with van der Waals surface area (Å²) in [7, 11) is 0. The van der Waals surface area contributed by atoms with E-state index < -0.39 is 11.3 Å². The highest BCUT2D eigenvalue weighted by Crippen LogP contribution is 1.97. The lowest BCUT2D eigenvalue weighted by molar-refractivity contribution is -0.118. The highest BCUT2D eigenvalue weighted by molar-refractivity contribution is 6.30. The molecule has 4 heteroatoms. The standard InChI is InChI=1S/C6H12ClNO2/c1-4(2)10-3-5(7)6(8)9/h4-5H,3H2,1-2H3,(H2,8,9). The summed E-state index contributed by atoms with van der Waals surface area (Å²) in [6.07, 6.45) is 0.0839. The zero-order valence-corrected chi connectivity index (χ0v) is 6.89. The molecule has 0 spiro atoms. The van der Waals surface area contributed by atoms with Crippen molar-refractivity contribution in [1.82, 2.24) is 0 Å². The van der Waals surface area contributed by atoms with Gasteiger partial charge in [-0.2, -0.15) is 0 Å². The lowest BCUT2D eigenvalue weighted by Crippen LogP contribution is -2.28. The zero-order valence-electron chi connectivity index (χ0n) is 6.13. The molecule has 1 amide bonds. The molecule has 0 aromatic rings. The Morgan fingerprint density at radius 1 is 1.70 bits per heavy atom. The molecular weight excluding hydrogens is 154 g/mol. The molecular formula is C6H12ClNO2. The van der Waals surface area contributed by atoms with Gasteiger partial charge in [-0.1, -0.05) is 0 Å². The highest BCUT2D eigenvalue weighted by Gasteiger charge is 2.11. The Bertz CT molecular complexity index is 116. The van der Waals surface area contributed by atoms with Crippen molar-refractivity contribution in [3.8, 4) is 0 Å². The number of alkyl halides is 1. The largest absolute Gasteiger partial charge is 0.377 e. The van der Waals surface area contributed by atoms with Crippen molar-refractivity contribution >= 4 is 17.5 Å². The number of carbonyl (C=O) groups excluding carboxylic acids is 1. The molecule has 0 aromatic heterocycles. The van der Waals surface area contributed by atoms with Crippen LogP contribution in [0.15, 0.2) is 0 Å². The van der Waals surface area contributed by atoms with E-state index in [0.717, 1.165) is 0 Å². The molecule has 0 saturated carbocycles. The second kappa shape index (κ2) is 4.52. The van der Waals surface area contributed by atoms with Crippen LogP contribution in [0.25, 0.3) is 0 Å². The van der Waals surface area contributed by atoms with Crippen molar-refractivity contribution in [1.29, 1.82) is 0 Å². The molecule has 0 aliphatic rings. The van der Waals surface area contributed by atoms with E-state index in [9.17, 15) is 4.79 Å². The van der Waals surface area contributed by atoms with Gasteiger partial charge in [0.1, 0.15) is 5.38 Å². The molecule has 10 heavy (non-hydrogen) atoms. The van der Waals surface area contributed by atoms with Crippen LogP contribution in [0.1, 0.15) is 13.8 Å². The van der Waals surface area contributed by atoms with Gasteiger partial charge in [0.15, 0.2) is 0 Å². The van der Waals surface area contributed by atoms with Crippen LogP contribution in [0.4, 0.5) is 0 Å². The molecule has 0 rings (SSSR count). The second-order valence-corrected chi connectivity index (χ2v) is 2.78. The van der Waals surface area contributed by atoms with Crippen LogP contribution in [0, 0.1) is 0 Å². The molecule has 0 fully saturated rings. The molecule has 1 unspecified atom stereocenters. The number of primary amides is 1. The molecule has 0 radical (unpaired) electrons. The van der Waals surface area contributed by atoms with Crippen molar-refractivity contribution < 1.29 is 9.53 Å². The minimum absolute atomic E-state index is 0.0839. The second-order valence-electron chi connectivity index (χ2n) is 2.25. The third kappa shape index (κ3) is 4.58. The fourth-order valence-electron chi connectivity index (χ4n) is 0.359. The van der Waals surface area contributed by atoms with Crippen LogP contribution in [0.2, 0.25) is 0 Å². The summed E-state index contributed by atoms with van der Waals surface area (Å²) in [5.41, 5.74) is 4.87. The Kier molecular flexibility index (Phi) is 4.40. The first kappa shape index (κ1) is 9.72. The number of hydrogen-bond donors (Lipinski definition) is 1. The quantitative estimate of drug-likeness (QED) is 0.617. The molecule has 0 aliphatic heterocycles. The van der Waals surface area contributed by atoms with Gasteiger partial charge in [0.05, 0.1) is 12.7 Å². The maximum Gasteiger partial charge on any atom is 0.237 e. The molecule has 0 saturated heterocycles. The van der Waals surface area contributed by atoms with Gasteiger partial charge in [0, 0.05) is 0 Å². The monoisotopic (exact) mass is 165 g/mol. The fourth-order valence-corrected chi connectivity index (χ4v) is 0.432. The predicted molar refractivity (Wildman–Crippen MR) is 39.9 cm³/mol. The Labute approximate surface area is 65.5 Å². The summed E-state index contributed by atoms with van der Waals surface area (Å²) in [6.45, 7) is 3.92. The van der Waals surface area contributed by atoms with Gasteiger partial charge in [-0.05, 0) is 13.8 Å². The molecule has 0 aromatic carbocycles. The van der Waals surface area contributed by atoms with E-state index >= 15 is 0 Å². The van der Waals surface area contributed by atoms with Gasteiger partial charge >= 0.3 is 0 Å². The lowest BCUT2D eigenvalue weighted by atomic mass is 10.4. The maximum atomic E-state index is 10.3. The topological polar surface area (TPSA) is 52.3 Å². The van der Waals surface area contributed by atoms with Crippen molar-refractivity contribution in [3.63, 3.8) is 0 Å². The molecule has 60 valence electrons. The van der Waals surface area contributed by atoms with E-state index in [1.54, 1.807) is 0 Å². The minimum atomic E-state index is -0.706. The van der Waals surface area contributed by atoms with E-state index in [4.69, 9.17) is 22.1 Å². The number of carbonyl (C=O) groups is 1. The maximum absolute atomic E-state index is 10.3. The SMILES string of the molecule is CC(C)OCC(Cl)C(N)=O. The first-order chi connectivity index (χ1) is 4.54. The zero-order chi connectivity index (χ0) is 8.15. The van der Waals surface area contributed by atoms with Gasteiger partial charge in [0.2, 0.25) is 5.91 Å². The number of nitrogens with two attached hydrogens (primary N) is 1. The Morgan fingerprint density at radius 2 is 2.20 bits per heavy atom. The summed E-state index contributed by atoms with van der Waals surface area (Å²) in [5.74, 6) is -0.540. The third-order valence-corrected chi connectivity index (χ3v) is 1.23. The summed E-state index contributed by atoms with van der Waals surface area (Å²) >= 11 is 5.46. The predicted octanol–water partition coefficient (Wildman–Crippen LogP) is 0.504. The van der Waals surface area contributed by atoms with Gasteiger partial charge in [-0.15, -0.1) is 11.6 Å². The van der Waals surface area contributed by atoms with E-state index in [1.165, 1.54) is 0 Å². The molecule has 0 aliphatic carbocycles. The normalized spacial score (nSPS) is 13.6. The van der Waals surface area contributed by atoms with Gasteiger partial charge in [-0.3, -0.25) is 4.79 Å². The van der Waals surface area contributed by atoms with Crippen LogP contribution < -0.4 is 5.73 Å². The van der Waals surface area contributed by atoms with Crippen molar-refractivity contribution in [2.24, 2.45) is 5.73 Å². The lowest BCUT2D eigenvalue weighted by Gasteiger charge is -2.08. The van der Waals surface area contributed by atoms with E-state index in [0.29, 0.717) is 0 Å². The number of ether oxygens (including phenoxy) is 1. The molecule has 1 atom stereocenters. The molecule has 0 heterocycles. The smallest absolute Gasteiger partial charge is 0.237 e. The molecule has 2 N–H and O–H groups in total. The summed E-state index contributed by atoms with van der Waals surface area (Å²) < 4.78 is 5.03. The van der Waals surface area contributed by atoms with Crippen LogP contribution in [-0.2, 0) is 9.53 Å². The number of hydrogen-bond acceptors (Lipinski definition) is 2. The number of halogens is 1. The third-order valence-electron chi connectivity index (χ3n) is 0.885. The molecule has 0 bridgehead atoms.